The molecule has 0 aliphatic carbocycles. The number of sulfone groups is 1. The van der Waals surface area contributed by atoms with Crippen LogP contribution in [-0.2, 0) is 26.2 Å². The lowest BCUT2D eigenvalue weighted by atomic mass is 10.1. The van der Waals surface area contributed by atoms with Gasteiger partial charge in [-0.05, 0) is 20.8 Å². The number of alkyl halides is 5. The number of oxime groups is 1. The Morgan fingerprint density at radius 3 is 2.13 bits per heavy atom. The average molecular weight is 362 g/mol. The molecule has 0 atom stereocenters. The van der Waals surface area contributed by atoms with Gasteiger partial charge < -0.3 is 4.84 Å². The number of halogens is 5. The zero-order valence-electron chi connectivity index (χ0n) is 12.0. The second kappa shape index (κ2) is 4.85. The summed E-state index contributed by atoms with van der Waals surface area (Å²) in [5.41, 5.74) is -3.59. The van der Waals surface area contributed by atoms with Crippen LogP contribution < -0.4 is 0 Å². The van der Waals surface area contributed by atoms with Gasteiger partial charge in [-0.1, -0.05) is 9.95 Å². The van der Waals surface area contributed by atoms with Crippen LogP contribution in [0.15, 0.2) is 5.16 Å². The molecule has 0 fully saturated rings. The summed E-state index contributed by atoms with van der Waals surface area (Å²) < 4.78 is 90.1. The lowest BCUT2D eigenvalue weighted by molar-refractivity contribution is -0.221. The Balaban J connectivity index is 2.48. The highest BCUT2D eigenvalue weighted by Gasteiger charge is 2.56. The van der Waals surface area contributed by atoms with Gasteiger partial charge in [-0.25, -0.2) is 8.42 Å². The van der Waals surface area contributed by atoms with Gasteiger partial charge in [-0.3, -0.25) is 0 Å². The van der Waals surface area contributed by atoms with Crippen LogP contribution in [0.25, 0.3) is 0 Å². The van der Waals surface area contributed by atoms with Crippen LogP contribution in [0.4, 0.5) is 22.0 Å². The predicted molar refractivity (Wildman–Crippen MR) is 66.1 cm³/mol. The van der Waals surface area contributed by atoms with Crippen LogP contribution in [-0.4, -0.2) is 34.1 Å². The Morgan fingerprint density at radius 1 is 1.17 bits per heavy atom. The van der Waals surface area contributed by atoms with Crippen LogP contribution in [0.1, 0.15) is 31.7 Å². The largest absolute Gasteiger partial charge is 0.521 e. The van der Waals surface area contributed by atoms with Crippen LogP contribution >= 0.6 is 0 Å². The summed E-state index contributed by atoms with van der Waals surface area (Å²) in [7, 11) is -5.41. The second-order valence-electron chi connectivity index (χ2n) is 5.42. The normalized spacial score (nSPS) is 18.7. The van der Waals surface area contributed by atoms with E-state index in [9.17, 15) is 30.4 Å². The van der Waals surface area contributed by atoms with Crippen molar-refractivity contribution in [1.82, 2.24) is 15.0 Å². The first-order valence-electron chi connectivity index (χ1n) is 6.07. The molecule has 23 heavy (non-hydrogen) atoms. The summed E-state index contributed by atoms with van der Waals surface area (Å²) in [6, 6.07) is 0. The summed E-state index contributed by atoms with van der Waals surface area (Å²) >= 11 is 0. The zero-order chi connectivity index (χ0) is 17.8. The maximum Gasteiger partial charge on any atom is 0.521 e. The molecule has 0 unspecified atom stereocenters. The molecule has 1 aromatic rings. The number of rotatable bonds is 2. The number of hydrogen-bond acceptors (Lipinski definition) is 6. The average Bonchev–Trinajstić information content (AvgIpc) is 2.91. The van der Waals surface area contributed by atoms with Crippen LogP contribution in [0, 0.1) is 6.92 Å². The first-order valence-corrected chi connectivity index (χ1v) is 7.56. The summed E-state index contributed by atoms with van der Waals surface area (Å²) in [6.07, 6.45) is -5.60. The summed E-state index contributed by atoms with van der Waals surface area (Å²) in [5, 5.41) is 2.78. The molecule has 13 heteroatoms. The molecule has 0 N–H and O–H groups in total. The Bertz CT molecular complexity index is 766. The van der Waals surface area contributed by atoms with E-state index in [0.29, 0.717) is 0 Å². The SMILES string of the molecule is Cc1nn(C(F)(F)F)nc1C(F)(F)S(=O)(=O)C1=NOC(C)(C)C1. The van der Waals surface area contributed by atoms with Crippen molar-refractivity contribution in [3.05, 3.63) is 11.4 Å². The molecule has 1 aliphatic heterocycles. The predicted octanol–water partition coefficient (Wildman–Crippen LogP) is 2.04. The van der Waals surface area contributed by atoms with E-state index in [0.717, 1.165) is 6.92 Å². The topological polar surface area (TPSA) is 86.4 Å². The number of aryl methyl sites for hydroxylation is 1. The molecule has 1 aromatic heterocycles. The van der Waals surface area contributed by atoms with Crippen molar-refractivity contribution in [2.45, 2.75) is 44.3 Å². The van der Waals surface area contributed by atoms with Crippen molar-refractivity contribution in [2.75, 3.05) is 0 Å². The molecule has 0 bridgehead atoms. The van der Waals surface area contributed by atoms with Gasteiger partial charge in [0.15, 0.2) is 10.7 Å². The van der Waals surface area contributed by atoms with Gasteiger partial charge in [0.05, 0.1) is 5.69 Å². The van der Waals surface area contributed by atoms with E-state index in [2.05, 4.69) is 15.4 Å². The minimum Gasteiger partial charge on any atom is -0.389 e. The van der Waals surface area contributed by atoms with E-state index in [1.165, 1.54) is 13.8 Å². The number of nitrogens with zero attached hydrogens (tertiary/aromatic N) is 4. The van der Waals surface area contributed by atoms with Crippen molar-refractivity contribution in [1.29, 1.82) is 0 Å². The van der Waals surface area contributed by atoms with Crippen molar-refractivity contribution < 1.29 is 35.2 Å². The molecule has 0 saturated heterocycles. The summed E-state index contributed by atoms with van der Waals surface area (Å²) in [4.78, 5) is 3.80. The Labute approximate surface area is 127 Å². The van der Waals surface area contributed by atoms with Crippen molar-refractivity contribution in [2.24, 2.45) is 5.16 Å². The lowest BCUT2D eigenvalue weighted by Gasteiger charge is -2.16. The summed E-state index contributed by atoms with van der Waals surface area (Å²) in [6.45, 7) is 3.63. The summed E-state index contributed by atoms with van der Waals surface area (Å²) in [5.74, 6) is 0. The van der Waals surface area contributed by atoms with Gasteiger partial charge in [0.2, 0.25) is 0 Å². The van der Waals surface area contributed by atoms with E-state index in [1.807, 2.05) is 0 Å². The maximum atomic E-state index is 14.3. The third kappa shape index (κ3) is 2.88. The van der Waals surface area contributed by atoms with E-state index in [4.69, 9.17) is 4.84 Å². The number of aromatic nitrogens is 3. The van der Waals surface area contributed by atoms with Gasteiger partial charge in [0.1, 0.15) is 5.60 Å². The van der Waals surface area contributed by atoms with Crippen molar-refractivity contribution in [3.63, 3.8) is 0 Å². The standard InChI is InChI=1S/C10H11F5N4O3S/c1-5-7(17-19(16-5)10(13,14)15)9(11,12)23(20,21)6-4-8(2,3)22-18-6/h4H2,1-3H3. The highest BCUT2D eigenvalue weighted by molar-refractivity contribution is 8.06. The van der Waals surface area contributed by atoms with E-state index >= 15 is 0 Å². The molecule has 0 saturated carbocycles. The minimum atomic E-state index is -5.41. The van der Waals surface area contributed by atoms with Gasteiger partial charge in [-0.15, -0.1) is 18.3 Å². The van der Waals surface area contributed by atoms with E-state index < -0.39 is 54.6 Å². The van der Waals surface area contributed by atoms with Gasteiger partial charge in [0.25, 0.3) is 9.84 Å². The first-order chi connectivity index (χ1) is 10.2. The Morgan fingerprint density at radius 2 is 1.74 bits per heavy atom. The number of hydrogen-bond donors (Lipinski definition) is 0. The zero-order valence-corrected chi connectivity index (χ0v) is 12.8. The fraction of sp³-hybridized carbons (Fsp3) is 0.700. The Kier molecular flexibility index (Phi) is 3.70. The van der Waals surface area contributed by atoms with Gasteiger partial charge in [-0.2, -0.15) is 13.9 Å². The molecule has 1 aliphatic rings. The molecule has 2 heterocycles. The van der Waals surface area contributed by atoms with Gasteiger partial charge in [0, 0.05) is 6.42 Å². The quantitative estimate of drug-likeness (QED) is 0.752. The monoisotopic (exact) mass is 362 g/mol. The molecule has 0 radical (unpaired) electrons. The minimum absolute atomic E-state index is 0.447. The van der Waals surface area contributed by atoms with Crippen LogP contribution in [0.3, 0.4) is 0 Å². The van der Waals surface area contributed by atoms with E-state index in [1.54, 1.807) is 0 Å². The molecule has 0 amide bonds. The van der Waals surface area contributed by atoms with Crippen LogP contribution in [0.2, 0.25) is 0 Å². The second-order valence-corrected chi connectivity index (χ2v) is 7.42. The Hall–Kier alpha value is -1.79. The van der Waals surface area contributed by atoms with Crippen molar-refractivity contribution >= 4 is 14.9 Å². The lowest BCUT2D eigenvalue weighted by Crippen LogP contribution is -2.35. The first kappa shape index (κ1) is 17.6. The highest BCUT2D eigenvalue weighted by Crippen LogP contribution is 2.39. The van der Waals surface area contributed by atoms with Gasteiger partial charge >= 0.3 is 11.6 Å². The molecule has 130 valence electrons. The maximum absolute atomic E-state index is 14.3. The molecule has 2 rings (SSSR count). The third-order valence-electron chi connectivity index (χ3n) is 2.90. The third-order valence-corrected chi connectivity index (χ3v) is 4.61. The van der Waals surface area contributed by atoms with E-state index in [-0.39, 0.29) is 0 Å². The smallest absolute Gasteiger partial charge is 0.389 e. The van der Waals surface area contributed by atoms with Crippen LogP contribution in [0.5, 0.6) is 0 Å². The fourth-order valence-electron chi connectivity index (χ4n) is 1.78. The molecule has 0 aromatic carbocycles. The van der Waals surface area contributed by atoms with Crippen molar-refractivity contribution in [3.8, 4) is 0 Å². The highest BCUT2D eigenvalue weighted by atomic mass is 32.2. The molecule has 7 nitrogen and oxygen atoms in total. The molecule has 0 spiro atoms. The fourth-order valence-corrected chi connectivity index (χ4v) is 3.20. The molecular weight excluding hydrogens is 351 g/mol. The molecular formula is C10H11F5N4O3S.